The lowest BCUT2D eigenvalue weighted by atomic mass is 10.1. The third-order valence-corrected chi connectivity index (χ3v) is 8.21. The lowest BCUT2D eigenvalue weighted by Gasteiger charge is -2.26. The number of ketones is 1. The Labute approximate surface area is 242 Å². The van der Waals surface area contributed by atoms with Gasteiger partial charge < -0.3 is 14.8 Å². The number of Topliss-reactive ketones (excluding diaryl/α,β-unsaturated/α-hetero) is 1. The third kappa shape index (κ3) is 7.09. The quantitative estimate of drug-likeness (QED) is 0.238. The Balaban J connectivity index is 1.38. The molecule has 1 saturated heterocycles. The van der Waals surface area contributed by atoms with E-state index in [2.05, 4.69) is 29.9 Å². The van der Waals surface area contributed by atoms with Crippen molar-refractivity contribution in [3.05, 3.63) is 71.4 Å². The SMILES string of the molecule is COc1ccc(Cl)c(Nc2nc3ncccc3nc2NS(=O)(=O)c2cccc(C(=O)CCCN3CCOCC3)c2)c1. The van der Waals surface area contributed by atoms with Crippen LogP contribution in [0.4, 0.5) is 17.3 Å². The van der Waals surface area contributed by atoms with Crippen LogP contribution in [0.15, 0.2) is 65.7 Å². The number of carbonyl (C=O) groups is 1. The summed E-state index contributed by atoms with van der Waals surface area (Å²) in [6, 6.07) is 14.3. The molecule has 2 aromatic carbocycles. The first kappa shape index (κ1) is 28.7. The topological polar surface area (TPSA) is 136 Å². The Morgan fingerprint density at radius 1 is 1.07 bits per heavy atom. The molecule has 1 aliphatic heterocycles. The summed E-state index contributed by atoms with van der Waals surface area (Å²) in [7, 11) is -2.64. The number of anilines is 3. The van der Waals surface area contributed by atoms with Gasteiger partial charge in [-0.15, -0.1) is 0 Å². The number of aromatic nitrogens is 3. The molecule has 0 spiro atoms. The van der Waals surface area contributed by atoms with Crippen molar-refractivity contribution in [2.75, 3.05) is 50.0 Å². The fourth-order valence-corrected chi connectivity index (χ4v) is 5.58. The highest BCUT2D eigenvalue weighted by Crippen LogP contribution is 2.32. The maximum Gasteiger partial charge on any atom is 0.263 e. The van der Waals surface area contributed by atoms with E-state index in [0.717, 1.165) is 19.6 Å². The van der Waals surface area contributed by atoms with Crippen molar-refractivity contribution < 1.29 is 22.7 Å². The number of nitrogens with one attached hydrogen (secondary N) is 2. The van der Waals surface area contributed by atoms with Crippen molar-refractivity contribution in [2.45, 2.75) is 17.7 Å². The van der Waals surface area contributed by atoms with Crippen LogP contribution in [0.1, 0.15) is 23.2 Å². The van der Waals surface area contributed by atoms with E-state index in [4.69, 9.17) is 21.1 Å². The Morgan fingerprint density at radius 3 is 2.71 bits per heavy atom. The van der Waals surface area contributed by atoms with Crippen LogP contribution in [-0.4, -0.2) is 74.0 Å². The number of methoxy groups -OCH3 is 1. The van der Waals surface area contributed by atoms with Gasteiger partial charge in [-0.2, -0.15) is 0 Å². The zero-order valence-electron chi connectivity index (χ0n) is 22.3. The summed E-state index contributed by atoms with van der Waals surface area (Å²) < 4.78 is 40.2. The second-order valence-electron chi connectivity index (χ2n) is 9.35. The Morgan fingerprint density at radius 2 is 1.90 bits per heavy atom. The Bertz CT molecular complexity index is 1660. The van der Waals surface area contributed by atoms with Gasteiger partial charge in [0.05, 0.1) is 35.9 Å². The Hall–Kier alpha value is -3.84. The minimum atomic E-state index is -4.16. The zero-order valence-corrected chi connectivity index (χ0v) is 23.9. The first-order valence-corrected chi connectivity index (χ1v) is 14.9. The molecule has 0 amide bonds. The number of benzene rings is 2. The number of ether oxygens (including phenoxy) is 2. The summed E-state index contributed by atoms with van der Waals surface area (Å²) in [4.78, 5) is 28.2. The number of morpholine rings is 1. The number of fused-ring (bicyclic) bond motifs is 1. The second kappa shape index (κ2) is 12.8. The van der Waals surface area contributed by atoms with E-state index in [0.29, 0.717) is 59.2 Å². The van der Waals surface area contributed by atoms with E-state index in [9.17, 15) is 13.2 Å². The molecule has 0 saturated carbocycles. The van der Waals surface area contributed by atoms with Gasteiger partial charge in [-0.05, 0) is 49.4 Å². The van der Waals surface area contributed by atoms with Crippen molar-refractivity contribution in [1.82, 2.24) is 19.9 Å². The minimum absolute atomic E-state index is 0.0633. The minimum Gasteiger partial charge on any atom is -0.497 e. The van der Waals surface area contributed by atoms with Gasteiger partial charge in [0, 0.05) is 37.3 Å². The molecule has 1 fully saturated rings. The molecule has 13 heteroatoms. The Kier molecular flexibility index (Phi) is 8.93. The van der Waals surface area contributed by atoms with E-state index in [1.165, 1.54) is 19.2 Å². The van der Waals surface area contributed by atoms with Gasteiger partial charge >= 0.3 is 0 Å². The van der Waals surface area contributed by atoms with Gasteiger partial charge in [0.25, 0.3) is 10.0 Å². The third-order valence-electron chi connectivity index (χ3n) is 6.55. The van der Waals surface area contributed by atoms with E-state index in [1.807, 2.05) is 0 Å². The van der Waals surface area contributed by atoms with Crippen LogP contribution in [0.3, 0.4) is 0 Å². The molecular formula is C28H29ClN6O5S. The highest BCUT2D eigenvalue weighted by molar-refractivity contribution is 7.92. The van der Waals surface area contributed by atoms with Crippen LogP contribution < -0.4 is 14.8 Å². The average molecular weight is 597 g/mol. The number of sulfonamides is 1. The number of halogens is 1. The summed E-state index contributed by atoms with van der Waals surface area (Å²) in [5, 5.41) is 3.41. The van der Waals surface area contributed by atoms with Crippen molar-refractivity contribution in [3.8, 4) is 5.75 Å². The molecule has 1 aliphatic rings. The first-order chi connectivity index (χ1) is 19.8. The summed E-state index contributed by atoms with van der Waals surface area (Å²) in [6.07, 6.45) is 2.55. The maximum absolute atomic E-state index is 13.5. The summed E-state index contributed by atoms with van der Waals surface area (Å²) >= 11 is 6.37. The van der Waals surface area contributed by atoms with Gasteiger partial charge in [0.2, 0.25) is 0 Å². The second-order valence-corrected chi connectivity index (χ2v) is 11.4. The van der Waals surface area contributed by atoms with Crippen molar-refractivity contribution >= 4 is 55.9 Å². The standard InChI is InChI=1S/C28H29ClN6O5S/c1-39-20-9-10-22(29)24(18-20)32-27-28(31-23-7-3-11-30-26(23)33-27)34-41(37,38)21-6-2-5-19(17-21)25(36)8-4-12-35-13-15-40-16-14-35/h2-3,5-7,9-11,17-18H,4,8,12-16H2,1H3,(H,31,34)(H,30,32,33). The fraction of sp³-hybridized carbons (Fsp3) is 0.286. The molecule has 0 aliphatic carbocycles. The highest BCUT2D eigenvalue weighted by Gasteiger charge is 2.21. The molecule has 0 atom stereocenters. The summed E-state index contributed by atoms with van der Waals surface area (Å²) in [6.45, 7) is 3.88. The lowest BCUT2D eigenvalue weighted by Crippen LogP contribution is -2.36. The molecule has 5 rings (SSSR count). The summed E-state index contributed by atoms with van der Waals surface area (Å²) in [5.41, 5.74) is 1.45. The lowest BCUT2D eigenvalue weighted by molar-refractivity contribution is 0.0371. The van der Waals surface area contributed by atoms with E-state index < -0.39 is 10.0 Å². The molecule has 11 nitrogen and oxygen atoms in total. The number of hydrogen-bond acceptors (Lipinski definition) is 10. The number of carbonyl (C=O) groups excluding carboxylic acids is 1. The number of rotatable bonds is 11. The molecular weight excluding hydrogens is 568 g/mol. The smallest absolute Gasteiger partial charge is 0.263 e. The molecule has 3 heterocycles. The zero-order chi connectivity index (χ0) is 28.8. The molecule has 4 aromatic rings. The van der Waals surface area contributed by atoms with E-state index >= 15 is 0 Å². The van der Waals surface area contributed by atoms with Crippen LogP contribution >= 0.6 is 11.6 Å². The molecule has 214 valence electrons. The van der Waals surface area contributed by atoms with Gasteiger partial charge in [-0.25, -0.2) is 23.4 Å². The molecule has 41 heavy (non-hydrogen) atoms. The van der Waals surface area contributed by atoms with E-state index in [-0.39, 0.29) is 22.3 Å². The fourth-order valence-electron chi connectivity index (χ4n) is 4.36. The van der Waals surface area contributed by atoms with Gasteiger partial charge in [-0.3, -0.25) is 14.4 Å². The predicted octanol–water partition coefficient (Wildman–Crippen LogP) is 4.53. The molecule has 0 bridgehead atoms. The monoisotopic (exact) mass is 596 g/mol. The van der Waals surface area contributed by atoms with Gasteiger partial charge in [-0.1, -0.05) is 23.7 Å². The molecule has 0 unspecified atom stereocenters. The van der Waals surface area contributed by atoms with Crippen molar-refractivity contribution in [3.63, 3.8) is 0 Å². The van der Waals surface area contributed by atoms with Crippen LogP contribution in [0, 0.1) is 0 Å². The van der Waals surface area contributed by atoms with Crippen molar-refractivity contribution in [2.24, 2.45) is 0 Å². The van der Waals surface area contributed by atoms with Gasteiger partial charge in [0.1, 0.15) is 11.3 Å². The van der Waals surface area contributed by atoms with Crippen molar-refractivity contribution in [1.29, 1.82) is 0 Å². The summed E-state index contributed by atoms with van der Waals surface area (Å²) in [5.74, 6) is 0.441. The first-order valence-electron chi connectivity index (χ1n) is 13.0. The maximum atomic E-state index is 13.5. The normalized spacial score (nSPS) is 14.1. The predicted molar refractivity (Wildman–Crippen MR) is 157 cm³/mol. The molecule has 0 radical (unpaired) electrons. The number of hydrogen-bond donors (Lipinski definition) is 2. The molecule has 2 N–H and O–H groups in total. The average Bonchev–Trinajstić information content (AvgIpc) is 2.99. The largest absolute Gasteiger partial charge is 0.497 e. The molecule has 2 aromatic heterocycles. The highest BCUT2D eigenvalue weighted by atomic mass is 35.5. The van der Waals surface area contributed by atoms with Crippen LogP contribution in [0.25, 0.3) is 11.2 Å². The van der Waals surface area contributed by atoms with Gasteiger partial charge in [0.15, 0.2) is 23.1 Å². The number of pyridine rings is 1. The van der Waals surface area contributed by atoms with Crippen LogP contribution in [-0.2, 0) is 14.8 Å². The van der Waals surface area contributed by atoms with Crippen LogP contribution in [0.5, 0.6) is 5.75 Å². The van der Waals surface area contributed by atoms with Crippen LogP contribution in [0.2, 0.25) is 5.02 Å². The van der Waals surface area contributed by atoms with E-state index in [1.54, 1.807) is 48.7 Å². The number of nitrogens with zero attached hydrogens (tertiary/aromatic N) is 4.